The molecule has 34 heavy (non-hydrogen) atoms. The fourth-order valence-electron chi connectivity index (χ4n) is 5.26. The largest absolute Gasteiger partial charge is 0.310 e. The minimum absolute atomic E-state index is 0.0384. The van der Waals surface area contributed by atoms with Gasteiger partial charge < -0.3 is 4.90 Å². The third-order valence-electron chi connectivity index (χ3n) is 6.95. The van der Waals surface area contributed by atoms with Crippen LogP contribution < -0.4 is 4.90 Å². The van der Waals surface area contributed by atoms with Gasteiger partial charge in [-0.3, -0.25) is 0 Å². The van der Waals surface area contributed by atoms with Crippen molar-refractivity contribution in [3.63, 3.8) is 0 Å². The Hall–Kier alpha value is -3.84. The van der Waals surface area contributed by atoms with E-state index in [0.29, 0.717) is 0 Å². The molecule has 1 aliphatic carbocycles. The van der Waals surface area contributed by atoms with E-state index in [0.717, 1.165) is 5.70 Å². The zero-order valence-corrected chi connectivity index (χ0v) is 20.4. The first-order chi connectivity index (χ1) is 16.6. The summed E-state index contributed by atoms with van der Waals surface area (Å²) >= 11 is 0. The molecule has 0 heterocycles. The highest BCUT2D eigenvalue weighted by Gasteiger charge is 2.35. The highest BCUT2D eigenvalue weighted by molar-refractivity contribution is 5.88. The average molecular weight is 442 g/mol. The van der Waals surface area contributed by atoms with E-state index in [9.17, 15) is 0 Å². The molecule has 0 radical (unpaired) electrons. The number of fused-ring (bicyclic) bond motifs is 3. The zero-order chi connectivity index (χ0) is 23.7. The van der Waals surface area contributed by atoms with Gasteiger partial charge in [0.1, 0.15) is 0 Å². The highest BCUT2D eigenvalue weighted by Crippen LogP contribution is 2.50. The molecule has 0 saturated heterocycles. The molecule has 4 aromatic rings. The lowest BCUT2D eigenvalue weighted by molar-refractivity contribution is 0.660. The summed E-state index contributed by atoms with van der Waals surface area (Å²) in [5, 5.41) is 0. The molecule has 1 nitrogen and oxygen atoms in total. The molecule has 168 valence electrons. The Morgan fingerprint density at radius 1 is 0.676 bits per heavy atom. The summed E-state index contributed by atoms with van der Waals surface area (Å²) in [7, 11) is 0. The number of para-hydroxylation sites is 1. The molecule has 0 N–H and O–H groups in total. The summed E-state index contributed by atoms with van der Waals surface area (Å²) in [4.78, 5) is 2.39. The van der Waals surface area contributed by atoms with Crippen molar-refractivity contribution in [2.45, 2.75) is 33.1 Å². The van der Waals surface area contributed by atoms with Crippen LogP contribution in [-0.2, 0) is 5.41 Å². The number of benzene rings is 4. The number of rotatable bonds is 5. The van der Waals surface area contributed by atoms with Gasteiger partial charge in [-0.25, -0.2) is 0 Å². The van der Waals surface area contributed by atoms with Crippen LogP contribution in [-0.4, -0.2) is 0 Å². The van der Waals surface area contributed by atoms with Gasteiger partial charge in [0.25, 0.3) is 0 Å². The van der Waals surface area contributed by atoms with Gasteiger partial charge >= 0.3 is 0 Å². The molecule has 0 spiro atoms. The summed E-state index contributed by atoms with van der Waals surface area (Å²) < 4.78 is 0. The second-order valence-corrected chi connectivity index (χ2v) is 9.33. The molecule has 0 aromatic heterocycles. The monoisotopic (exact) mass is 441 g/mol. The SMILES string of the molecule is C/C=C\C(=C/C)N(c1ccc2c(c1)C(C)(C)c1ccccc1-2)c1ccccc1-c1ccccc1. The first-order valence-corrected chi connectivity index (χ1v) is 12.0. The Bertz CT molecular complexity index is 1390. The summed E-state index contributed by atoms with van der Waals surface area (Å²) in [6.45, 7) is 8.87. The van der Waals surface area contributed by atoms with Crippen molar-refractivity contribution in [1.82, 2.24) is 0 Å². The number of nitrogens with zero attached hydrogens (tertiary/aromatic N) is 1. The lowest BCUT2D eigenvalue weighted by Crippen LogP contribution is -2.19. The molecular weight excluding hydrogens is 410 g/mol. The van der Waals surface area contributed by atoms with E-state index in [2.05, 4.69) is 148 Å². The highest BCUT2D eigenvalue weighted by atomic mass is 15.1. The van der Waals surface area contributed by atoms with Gasteiger partial charge in [-0.15, -0.1) is 0 Å². The molecule has 0 saturated carbocycles. The fraction of sp³-hybridized carbons (Fsp3) is 0.152. The van der Waals surface area contributed by atoms with E-state index in [1.807, 2.05) is 0 Å². The van der Waals surface area contributed by atoms with Crippen LogP contribution in [0.2, 0.25) is 0 Å². The maximum Gasteiger partial charge on any atom is 0.0539 e. The van der Waals surface area contributed by atoms with Crippen LogP contribution in [0.1, 0.15) is 38.8 Å². The van der Waals surface area contributed by atoms with Crippen molar-refractivity contribution >= 4 is 11.4 Å². The summed E-state index contributed by atoms with van der Waals surface area (Å²) in [5.74, 6) is 0. The van der Waals surface area contributed by atoms with Gasteiger partial charge in [0.05, 0.1) is 5.69 Å². The molecular formula is C33H31N. The van der Waals surface area contributed by atoms with E-state index in [1.165, 1.54) is 44.8 Å². The Balaban J connectivity index is 1.73. The quantitative estimate of drug-likeness (QED) is 0.279. The van der Waals surface area contributed by atoms with Crippen molar-refractivity contribution in [1.29, 1.82) is 0 Å². The number of anilines is 2. The van der Waals surface area contributed by atoms with Gasteiger partial charge in [-0.05, 0) is 65.9 Å². The number of hydrogen-bond donors (Lipinski definition) is 0. The van der Waals surface area contributed by atoms with E-state index in [4.69, 9.17) is 0 Å². The van der Waals surface area contributed by atoms with Crippen LogP contribution in [0.15, 0.2) is 121 Å². The van der Waals surface area contributed by atoms with Gasteiger partial charge in [0, 0.05) is 22.4 Å². The Kier molecular flexibility index (Phi) is 5.71. The van der Waals surface area contributed by atoms with Crippen molar-refractivity contribution in [2.75, 3.05) is 4.90 Å². The predicted molar refractivity (Wildman–Crippen MR) is 147 cm³/mol. The maximum atomic E-state index is 2.39. The molecule has 0 aliphatic heterocycles. The molecule has 0 unspecified atom stereocenters. The summed E-state index contributed by atoms with van der Waals surface area (Å²) in [6, 6.07) is 35.1. The zero-order valence-electron chi connectivity index (χ0n) is 20.4. The van der Waals surface area contributed by atoms with E-state index < -0.39 is 0 Å². The molecule has 0 atom stereocenters. The first kappa shape index (κ1) is 22.0. The van der Waals surface area contributed by atoms with Crippen molar-refractivity contribution in [3.8, 4) is 22.3 Å². The Morgan fingerprint density at radius 3 is 2.06 bits per heavy atom. The van der Waals surface area contributed by atoms with E-state index >= 15 is 0 Å². The maximum absolute atomic E-state index is 2.39. The normalized spacial score (nSPS) is 14.2. The average Bonchev–Trinajstić information content (AvgIpc) is 3.11. The van der Waals surface area contributed by atoms with E-state index in [-0.39, 0.29) is 5.41 Å². The second-order valence-electron chi connectivity index (χ2n) is 9.33. The molecule has 0 fully saturated rings. The van der Waals surface area contributed by atoms with Crippen LogP contribution in [0.3, 0.4) is 0 Å². The minimum Gasteiger partial charge on any atom is -0.310 e. The van der Waals surface area contributed by atoms with Gasteiger partial charge in [0.2, 0.25) is 0 Å². The topological polar surface area (TPSA) is 3.24 Å². The van der Waals surface area contributed by atoms with Crippen molar-refractivity contribution < 1.29 is 0 Å². The molecule has 0 amide bonds. The fourth-order valence-corrected chi connectivity index (χ4v) is 5.26. The number of hydrogen-bond acceptors (Lipinski definition) is 1. The third-order valence-corrected chi connectivity index (χ3v) is 6.95. The lowest BCUT2D eigenvalue weighted by Gasteiger charge is -2.30. The minimum atomic E-state index is -0.0384. The number of allylic oxidation sites excluding steroid dienone is 3. The van der Waals surface area contributed by atoms with E-state index in [1.54, 1.807) is 0 Å². The Morgan fingerprint density at radius 2 is 1.32 bits per heavy atom. The first-order valence-electron chi connectivity index (χ1n) is 12.0. The summed E-state index contributed by atoms with van der Waals surface area (Å²) in [6.07, 6.45) is 6.49. The van der Waals surface area contributed by atoms with Gasteiger partial charge in [-0.2, -0.15) is 0 Å². The van der Waals surface area contributed by atoms with Gasteiger partial charge in [-0.1, -0.05) is 105 Å². The smallest absolute Gasteiger partial charge is 0.0539 e. The molecule has 5 rings (SSSR count). The summed E-state index contributed by atoms with van der Waals surface area (Å²) in [5.41, 5.74) is 11.4. The lowest BCUT2D eigenvalue weighted by atomic mass is 9.82. The van der Waals surface area contributed by atoms with Crippen LogP contribution >= 0.6 is 0 Å². The predicted octanol–water partition coefficient (Wildman–Crippen LogP) is 9.28. The van der Waals surface area contributed by atoms with Crippen LogP contribution in [0, 0.1) is 0 Å². The molecule has 0 bridgehead atoms. The third kappa shape index (κ3) is 3.58. The van der Waals surface area contributed by atoms with Crippen LogP contribution in [0.4, 0.5) is 11.4 Å². The molecule has 4 aromatic carbocycles. The standard InChI is InChI=1S/C33H31N/c1-5-14-25(6-2)34(32-20-13-11-17-27(32)24-15-8-7-9-16-24)26-21-22-29-28-18-10-12-19-30(28)33(3,4)31(29)23-26/h5-23H,1-4H3/b14-5-,25-6+. The van der Waals surface area contributed by atoms with Crippen molar-refractivity contribution in [3.05, 3.63) is 132 Å². The van der Waals surface area contributed by atoms with Gasteiger partial charge in [0.15, 0.2) is 0 Å². The molecule has 1 aliphatic rings. The van der Waals surface area contributed by atoms with Crippen LogP contribution in [0.25, 0.3) is 22.3 Å². The van der Waals surface area contributed by atoms with Crippen LogP contribution in [0.5, 0.6) is 0 Å². The Labute approximate surface area is 203 Å². The molecule has 1 heteroatoms. The van der Waals surface area contributed by atoms with Crippen molar-refractivity contribution in [2.24, 2.45) is 0 Å². The second kappa shape index (κ2) is 8.83.